The molecule has 0 aliphatic heterocycles. The van der Waals surface area contributed by atoms with Crippen molar-refractivity contribution in [1.29, 1.82) is 0 Å². The number of nitrogens with two attached hydrogens (primary N) is 1. The Balaban J connectivity index is 1.82. The van der Waals surface area contributed by atoms with Crippen molar-refractivity contribution in [2.75, 3.05) is 11.1 Å². The van der Waals surface area contributed by atoms with Crippen LogP contribution in [0.5, 0.6) is 0 Å². The molecule has 0 spiro atoms. The minimum Gasteiger partial charge on any atom is -0.384 e. The zero-order chi connectivity index (χ0) is 15.4. The molecule has 0 bridgehead atoms. The number of pyridine rings is 2. The summed E-state index contributed by atoms with van der Waals surface area (Å²) in [5.74, 6) is 1.03. The van der Waals surface area contributed by atoms with Gasteiger partial charge >= 0.3 is 0 Å². The van der Waals surface area contributed by atoms with Crippen LogP contribution < -0.4 is 11.1 Å². The van der Waals surface area contributed by atoms with Gasteiger partial charge in [0.15, 0.2) is 0 Å². The zero-order valence-corrected chi connectivity index (χ0v) is 12.3. The van der Waals surface area contributed by atoms with Gasteiger partial charge in [-0.05, 0) is 17.7 Å². The average molecular weight is 313 g/mol. The summed E-state index contributed by atoms with van der Waals surface area (Å²) in [6.45, 7) is 0.609. The molecular formula is C15H13ClN6. The molecule has 0 aromatic carbocycles. The zero-order valence-electron chi connectivity index (χ0n) is 11.6. The van der Waals surface area contributed by atoms with Gasteiger partial charge in [0.05, 0.1) is 23.1 Å². The van der Waals surface area contributed by atoms with E-state index in [-0.39, 0.29) is 0 Å². The minimum absolute atomic E-state index is 0.384. The van der Waals surface area contributed by atoms with Gasteiger partial charge in [-0.25, -0.2) is 9.97 Å². The molecule has 0 aliphatic carbocycles. The lowest BCUT2D eigenvalue weighted by atomic mass is 10.2. The van der Waals surface area contributed by atoms with Crippen molar-refractivity contribution in [2.24, 2.45) is 0 Å². The molecule has 6 nitrogen and oxygen atoms in total. The first kappa shape index (κ1) is 14.2. The van der Waals surface area contributed by atoms with Crippen LogP contribution in [0.2, 0.25) is 5.02 Å². The quantitative estimate of drug-likeness (QED) is 0.770. The first-order chi connectivity index (χ1) is 10.7. The molecular weight excluding hydrogens is 300 g/mol. The van der Waals surface area contributed by atoms with E-state index in [0.29, 0.717) is 34.5 Å². The van der Waals surface area contributed by atoms with E-state index in [4.69, 9.17) is 17.3 Å². The summed E-state index contributed by atoms with van der Waals surface area (Å²) in [6.07, 6.45) is 8.32. The van der Waals surface area contributed by atoms with Crippen LogP contribution in [-0.4, -0.2) is 19.9 Å². The Morgan fingerprint density at radius 2 is 2.05 bits per heavy atom. The normalized spacial score (nSPS) is 10.4. The van der Waals surface area contributed by atoms with Crippen molar-refractivity contribution >= 4 is 23.2 Å². The second kappa shape index (κ2) is 6.36. The van der Waals surface area contributed by atoms with E-state index in [0.717, 1.165) is 5.56 Å². The van der Waals surface area contributed by atoms with Crippen LogP contribution in [0.4, 0.5) is 11.6 Å². The number of anilines is 2. The van der Waals surface area contributed by atoms with Gasteiger partial charge in [-0.3, -0.25) is 9.97 Å². The maximum absolute atomic E-state index is 6.14. The Bertz CT molecular complexity index is 778. The maximum atomic E-state index is 6.14. The standard InChI is InChI=1S/C15H13ClN6/c16-12-7-20-14(17)4-11(12)13-8-19-9-15(22-13)21-6-10-2-1-3-18-5-10/h1-5,7-9H,6H2,(H2,17,20)(H,21,22). The van der Waals surface area contributed by atoms with Crippen molar-refractivity contribution in [2.45, 2.75) is 6.54 Å². The van der Waals surface area contributed by atoms with Crippen LogP contribution in [0.1, 0.15) is 5.56 Å². The lowest BCUT2D eigenvalue weighted by Gasteiger charge is -2.08. The first-order valence-corrected chi connectivity index (χ1v) is 6.96. The number of nitrogens with zero attached hydrogens (tertiary/aromatic N) is 4. The summed E-state index contributed by atoms with van der Waals surface area (Å²) < 4.78 is 0. The van der Waals surface area contributed by atoms with Gasteiger partial charge in [-0.2, -0.15) is 0 Å². The molecule has 3 heterocycles. The van der Waals surface area contributed by atoms with Crippen molar-refractivity contribution in [1.82, 2.24) is 19.9 Å². The highest BCUT2D eigenvalue weighted by Crippen LogP contribution is 2.27. The molecule has 7 heteroatoms. The van der Waals surface area contributed by atoms with Gasteiger partial charge in [0.1, 0.15) is 11.6 Å². The topological polar surface area (TPSA) is 89.6 Å². The van der Waals surface area contributed by atoms with E-state index in [1.165, 1.54) is 6.20 Å². The fourth-order valence-corrected chi connectivity index (χ4v) is 2.13. The average Bonchev–Trinajstić information content (AvgIpc) is 2.56. The second-order valence-corrected chi connectivity index (χ2v) is 5.00. The highest BCUT2D eigenvalue weighted by Gasteiger charge is 2.08. The number of nitrogens with one attached hydrogen (secondary N) is 1. The van der Waals surface area contributed by atoms with Crippen LogP contribution in [-0.2, 0) is 6.54 Å². The number of rotatable bonds is 4. The Morgan fingerprint density at radius 1 is 1.14 bits per heavy atom. The lowest BCUT2D eigenvalue weighted by Crippen LogP contribution is -2.03. The third-order valence-corrected chi connectivity index (χ3v) is 3.28. The van der Waals surface area contributed by atoms with Gasteiger partial charge in [-0.15, -0.1) is 0 Å². The molecule has 110 valence electrons. The molecule has 3 N–H and O–H groups in total. The highest BCUT2D eigenvalue weighted by molar-refractivity contribution is 6.33. The highest BCUT2D eigenvalue weighted by atomic mass is 35.5. The Kier molecular flexibility index (Phi) is 4.11. The molecule has 0 fully saturated rings. The third kappa shape index (κ3) is 3.29. The third-order valence-electron chi connectivity index (χ3n) is 2.98. The summed E-state index contributed by atoms with van der Waals surface area (Å²) in [4.78, 5) is 16.7. The van der Waals surface area contributed by atoms with E-state index in [2.05, 4.69) is 25.3 Å². The molecule has 0 saturated heterocycles. The molecule has 0 saturated carbocycles. The van der Waals surface area contributed by atoms with Crippen LogP contribution in [0.3, 0.4) is 0 Å². The van der Waals surface area contributed by atoms with Gasteiger partial charge in [0, 0.05) is 30.7 Å². The molecule has 0 unspecified atom stereocenters. The fourth-order valence-electron chi connectivity index (χ4n) is 1.93. The summed E-state index contributed by atoms with van der Waals surface area (Å²) in [5.41, 5.74) is 8.09. The Morgan fingerprint density at radius 3 is 2.86 bits per heavy atom. The maximum Gasteiger partial charge on any atom is 0.145 e. The van der Waals surface area contributed by atoms with Crippen LogP contribution in [0.25, 0.3) is 11.3 Å². The first-order valence-electron chi connectivity index (χ1n) is 6.58. The monoisotopic (exact) mass is 312 g/mol. The molecule has 0 aliphatic rings. The molecule has 3 aromatic rings. The van der Waals surface area contributed by atoms with Gasteiger partial charge in [0.25, 0.3) is 0 Å². The number of hydrogen-bond acceptors (Lipinski definition) is 6. The van der Waals surface area contributed by atoms with E-state index >= 15 is 0 Å². The summed E-state index contributed by atoms with van der Waals surface area (Å²) >= 11 is 6.14. The molecule has 0 amide bonds. The van der Waals surface area contributed by atoms with Crippen molar-refractivity contribution in [3.8, 4) is 11.3 Å². The van der Waals surface area contributed by atoms with Crippen LogP contribution in [0.15, 0.2) is 49.2 Å². The van der Waals surface area contributed by atoms with E-state index in [1.54, 1.807) is 30.9 Å². The number of hydrogen-bond donors (Lipinski definition) is 2. The van der Waals surface area contributed by atoms with Crippen molar-refractivity contribution in [3.63, 3.8) is 0 Å². The van der Waals surface area contributed by atoms with E-state index in [1.807, 2.05) is 12.1 Å². The fraction of sp³-hybridized carbons (Fsp3) is 0.0667. The molecule has 3 aromatic heterocycles. The number of halogens is 1. The smallest absolute Gasteiger partial charge is 0.145 e. The SMILES string of the molecule is Nc1cc(-c2cncc(NCc3cccnc3)n2)c(Cl)cn1. The van der Waals surface area contributed by atoms with E-state index < -0.39 is 0 Å². The van der Waals surface area contributed by atoms with Crippen LogP contribution in [0, 0.1) is 0 Å². The summed E-state index contributed by atoms with van der Waals surface area (Å²) in [7, 11) is 0. The predicted molar refractivity (Wildman–Crippen MR) is 86.2 cm³/mol. The molecule has 3 rings (SSSR count). The molecule has 0 atom stereocenters. The number of aromatic nitrogens is 4. The largest absolute Gasteiger partial charge is 0.384 e. The number of nitrogen functional groups attached to an aromatic ring is 1. The van der Waals surface area contributed by atoms with Gasteiger partial charge in [-0.1, -0.05) is 17.7 Å². The predicted octanol–water partition coefficient (Wildman–Crippen LogP) is 2.78. The second-order valence-electron chi connectivity index (χ2n) is 4.59. The lowest BCUT2D eigenvalue weighted by molar-refractivity contribution is 1.07. The van der Waals surface area contributed by atoms with Crippen molar-refractivity contribution in [3.05, 3.63) is 59.8 Å². The minimum atomic E-state index is 0.384. The Labute approximate surface area is 132 Å². The van der Waals surface area contributed by atoms with Crippen molar-refractivity contribution < 1.29 is 0 Å². The molecule has 0 radical (unpaired) electrons. The van der Waals surface area contributed by atoms with Gasteiger partial charge < -0.3 is 11.1 Å². The Hall–Kier alpha value is -2.73. The van der Waals surface area contributed by atoms with Crippen LogP contribution >= 0.6 is 11.6 Å². The molecule has 22 heavy (non-hydrogen) atoms. The summed E-state index contributed by atoms with van der Waals surface area (Å²) in [5, 5.41) is 3.68. The van der Waals surface area contributed by atoms with E-state index in [9.17, 15) is 0 Å². The van der Waals surface area contributed by atoms with Gasteiger partial charge in [0.2, 0.25) is 0 Å². The summed E-state index contributed by atoms with van der Waals surface area (Å²) in [6, 6.07) is 5.55.